The van der Waals surface area contributed by atoms with Crippen molar-refractivity contribution in [2.24, 2.45) is 5.92 Å². The topological polar surface area (TPSA) is 50.4 Å². The molecule has 2 fully saturated rings. The summed E-state index contributed by atoms with van der Waals surface area (Å²) in [5.41, 5.74) is 0. The maximum Gasteiger partial charge on any atom is 0.220 e. The Labute approximate surface area is 122 Å². The molecule has 19 heavy (non-hydrogen) atoms. The van der Waals surface area contributed by atoms with Gasteiger partial charge in [-0.25, -0.2) is 0 Å². The predicted molar refractivity (Wildman–Crippen MR) is 78.6 cm³/mol. The van der Waals surface area contributed by atoms with Gasteiger partial charge in [-0.2, -0.15) is 0 Å². The van der Waals surface area contributed by atoms with E-state index in [-0.39, 0.29) is 24.4 Å². The fourth-order valence-electron chi connectivity index (χ4n) is 3.03. The Hall–Kier alpha value is -0.320. The third kappa shape index (κ3) is 4.93. The lowest BCUT2D eigenvalue weighted by atomic mass is 9.89. The molecule has 0 bridgehead atoms. The average Bonchev–Trinajstić information content (AvgIpc) is 2.84. The molecule has 112 valence electrons. The highest BCUT2D eigenvalue weighted by molar-refractivity contribution is 5.85. The van der Waals surface area contributed by atoms with Gasteiger partial charge in [0.1, 0.15) is 0 Å². The van der Waals surface area contributed by atoms with E-state index in [1.54, 1.807) is 0 Å². The lowest BCUT2D eigenvalue weighted by Crippen LogP contribution is -2.55. The van der Waals surface area contributed by atoms with E-state index >= 15 is 0 Å². The second-order valence-electron chi connectivity index (χ2n) is 5.78. The average molecular weight is 291 g/mol. The molecule has 2 heterocycles. The number of amides is 1. The van der Waals surface area contributed by atoms with Gasteiger partial charge >= 0.3 is 0 Å². The van der Waals surface area contributed by atoms with Gasteiger partial charge in [-0.05, 0) is 45.1 Å². The van der Waals surface area contributed by atoms with E-state index in [1.807, 2.05) is 0 Å². The Bertz CT molecular complexity index is 273. The minimum atomic E-state index is 0. The number of carbonyl (C=O) groups excluding carboxylic acids is 1. The van der Waals surface area contributed by atoms with Gasteiger partial charge in [0.15, 0.2) is 0 Å². The number of rotatable bonds is 4. The second-order valence-corrected chi connectivity index (χ2v) is 5.78. The van der Waals surface area contributed by atoms with Crippen LogP contribution in [0.1, 0.15) is 46.0 Å². The van der Waals surface area contributed by atoms with Crippen molar-refractivity contribution in [3.8, 4) is 0 Å². The normalized spacial score (nSPS) is 34.6. The molecule has 0 aromatic heterocycles. The van der Waals surface area contributed by atoms with Crippen molar-refractivity contribution in [3.05, 3.63) is 0 Å². The molecule has 4 nitrogen and oxygen atoms in total. The van der Waals surface area contributed by atoms with Crippen molar-refractivity contribution in [3.63, 3.8) is 0 Å². The summed E-state index contributed by atoms with van der Waals surface area (Å²) in [7, 11) is 0. The van der Waals surface area contributed by atoms with Crippen molar-refractivity contribution in [2.75, 3.05) is 13.2 Å². The Morgan fingerprint density at radius 1 is 1.37 bits per heavy atom. The second kappa shape index (κ2) is 8.08. The van der Waals surface area contributed by atoms with E-state index in [0.29, 0.717) is 24.5 Å². The van der Waals surface area contributed by atoms with E-state index in [4.69, 9.17) is 4.74 Å². The molecule has 0 aliphatic carbocycles. The molecular formula is C14H27ClN2O2. The van der Waals surface area contributed by atoms with E-state index in [2.05, 4.69) is 24.5 Å². The van der Waals surface area contributed by atoms with Crippen molar-refractivity contribution < 1.29 is 9.53 Å². The van der Waals surface area contributed by atoms with Crippen LogP contribution in [0.15, 0.2) is 0 Å². The van der Waals surface area contributed by atoms with Crippen LogP contribution >= 0.6 is 12.4 Å². The molecule has 2 saturated heterocycles. The molecule has 2 rings (SSSR count). The largest absolute Gasteiger partial charge is 0.378 e. The van der Waals surface area contributed by atoms with Crippen molar-refractivity contribution >= 4 is 18.3 Å². The molecule has 0 saturated carbocycles. The van der Waals surface area contributed by atoms with Crippen molar-refractivity contribution in [2.45, 2.75) is 64.1 Å². The Balaban J connectivity index is 0.00000180. The Kier molecular flexibility index (Phi) is 7.11. The van der Waals surface area contributed by atoms with Crippen LogP contribution in [0.25, 0.3) is 0 Å². The Morgan fingerprint density at radius 2 is 2.16 bits per heavy atom. The zero-order chi connectivity index (χ0) is 13.0. The number of carbonyl (C=O) groups is 1. The van der Waals surface area contributed by atoms with Crippen LogP contribution in [0.4, 0.5) is 0 Å². The molecule has 2 N–H and O–H groups in total. The van der Waals surface area contributed by atoms with Gasteiger partial charge in [-0.1, -0.05) is 6.92 Å². The molecule has 5 heteroatoms. The summed E-state index contributed by atoms with van der Waals surface area (Å²) in [5.74, 6) is 0.742. The van der Waals surface area contributed by atoms with Crippen LogP contribution in [-0.2, 0) is 9.53 Å². The Morgan fingerprint density at radius 3 is 2.79 bits per heavy atom. The SMILES string of the molecule is CC1CCNC(C)C1NC(=O)CCC1CCCO1.Cl. The lowest BCUT2D eigenvalue weighted by Gasteiger charge is -2.36. The maximum absolute atomic E-state index is 12.0. The maximum atomic E-state index is 12.0. The highest BCUT2D eigenvalue weighted by Gasteiger charge is 2.28. The number of hydrogen-bond donors (Lipinski definition) is 2. The molecule has 4 unspecified atom stereocenters. The molecule has 0 radical (unpaired) electrons. The summed E-state index contributed by atoms with van der Waals surface area (Å²) in [5, 5.41) is 6.61. The molecule has 0 aromatic rings. The van der Waals surface area contributed by atoms with Gasteiger partial charge in [-0.3, -0.25) is 4.79 Å². The molecular weight excluding hydrogens is 264 g/mol. The first-order valence-electron chi connectivity index (χ1n) is 7.31. The third-order valence-electron chi connectivity index (χ3n) is 4.26. The fourth-order valence-corrected chi connectivity index (χ4v) is 3.03. The molecule has 4 atom stereocenters. The van der Waals surface area contributed by atoms with Crippen LogP contribution in [0.2, 0.25) is 0 Å². The summed E-state index contributed by atoms with van der Waals surface area (Å²) in [6.45, 7) is 6.31. The van der Waals surface area contributed by atoms with Crippen LogP contribution in [-0.4, -0.2) is 37.2 Å². The number of piperidine rings is 1. The van der Waals surface area contributed by atoms with Crippen molar-refractivity contribution in [1.29, 1.82) is 0 Å². The van der Waals surface area contributed by atoms with E-state index in [0.717, 1.165) is 38.8 Å². The highest BCUT2D eigenvalue weighted by Crippen LogP contribution is 2.18. The summed E-state index contributed by atoms with van der Waals surface area (Å²) < 4.78 is 5.54. The van der Waals surface area contributed by atoms with Gasteiger partial charge in [0.2, 0.25) is 5.91 Å². The summed E-state index contributed by atoms with van der Waals surface area (Å²) in [4.78, 5) is 12.0. The number of hydrogen-bond acceptors (Lipinski definition) is 3. The molecule has 2 aliphatic rings. The van der Waals surface area contributed by atoms with Crippen LogP contribution in [0, 0.1) is 5.92 Å². The molecule has 0 spiro atoms. The minimum Gasteiger partial charge on any atom is -0.378 e. The fraction of sp³-hybridized carbons (Fsp3) is 0.929. The van der Waals surface area contributed by atoms with Gasteiger partial charge in [0.25, 0.3) is 0 Å². The lowest BCUT2D eigenvalue weighted by molar-refractivity contribution is -0.123. The van der Waals surface area contributed by atoms with E-state index < -0.39 is 0 Å². The first kappa shape index (κ1) is 16.7. The van der Waals surface area contributed by atoms with Crippen LogP contribution in [0.5, 0.6) is 0 Å². The van der Waals surface area contributed by atoms with Gasteiger partial charge in [0.05, 0.1) is 6.10 Å². The summed E-state index contributed by atoms with van der Waals surface area (Å²) >= 11 is 0. The smallest absolute Gasteiger partial charge is 0.220 e. The quantitative estimate of drug-likeness (QED) is 0.831. The number of nitrogens with one attached hydrogen (secondary N) is 2. The molecule has 0 aromatic carbocycles. The van der Waals surface area contributed by atoms with E-state index in [9.17, 15) is 4.79 Å². The third-order valence-corrected chi connectivity index (χ3v) is 4.26. The summed E-state index contributed by atoms with van der Waals surface area (Å²) in [6.07, 6.45) is 5.18. The van der Waals surface area contributed by atoms with E-state index in [1.165, 1.54) is 0 Å². The summed E-state index contributed by atoms with van der Waals surface area (Å²) in [6, 6.07) is 0.649. The standard InChI is InChI=1S/C14H26N2O2.ClH/c1-10-7-8-15-11(2)14(10)16-13(17)6-5-12-4-3-9-18-12;/h10-12,14-15H,3-9H2,1-2H3,(H,16,17);1H. The van der Waals surface area contributed by atoms with Crippen LogP contribution in [0.3, 0.4) is 0 Å². The van der Waals surface area contributed by atoms with Gasteiger partial charge in [0, 0.05) is 25.1 Å². The first-order valence-corrected chi connectivity index (χ1v) is 7.31. The predicted octanol–water partition coefficient (Wildman–Crippen LogP) is 1.87. The highest BCUT2D eigenvalue weighted by atomic mass is 35.5. The zero-order valence-electron chi connectivity index (χ0n) is 12.0. The van der Waals surface area contributed by atoms with Crippen molar-refractivity contribution in [1.82, 2.24) is 10.6 Å². The van der Waals surface area contributed by atoms with Crippen LogP contribution < -0.4 is 10.6 Å². The number of halogens is 1. The van der Waals surface area contributed by atoms with Gasteiger partial charge in [-0.15, -0.1) is 12.4 Å². The number of ether oxygens (including phenoxy) is 1. The molecule has 1 amide bonds. The zero-order valence-corrected chi connectivity index (χ0v) is 12.8. The molecule has 2 aliphatic heterocycles. The van der Waals surface area contributed by atoms with Gasteiger partial charge < -0.3 is 15.4 Å². The monoisotopic (exact) mass is 290 g/mol. The first-order chi connectivity index (χ1) is 8.66. The minimum absolute atomic E-state index is 0.